The van der Waals surface area contributed by atoms with E-state index < -0.39 is 17.8 Å². The Balaban J connectivity index is 1.66. The third kappa shape index (κ3) is 2.00. The van der Waals surface area contributed by atoms with Gasteiger partial charge in [0.05, 0.1) is 23.4 Å². The van der Waals surface area contributed by atoms with Gasteiger partial charge in [-0.25, -0.2) is 4.90 Å². The van der Waals surface area contributed by atoms with Crippen LogP contribution in [0.2, 0.25) is 10.0 Å². The molecule has 2 aromatic rings. The van der Waals surface area contributed by atoms with Crippen LogP contribution in [0.5, 0.6) is 0 Å². The van der Waals surface area contributed by atoms with Crippen molar-refractivity contribution >= 4 is 46.5 Å². The summed E-state index contributed by atoms with van der Waals surface area (Å²) in [5.41, 5.74) is 2.27. The monoisotopic (exact) mass is 385 g/mol. The Hall–Kier alpha value is -2.17. The number of carbonyl (C=O) groups is 3. The van der Waals surface area contributed by atoms with Gasteiger partial charge in [-0.05, 0) is 29.3 Å². The Labute approximate surface area is 159 Å². The number of Topliss-reactive ketones (excluding diaryl/α,β-unsaturated/α-hetero) is 1. The molecular formula is C20H13Cl2NO3. The molecule has 2 bridgehead atoms. The Bertz CT molecular complexity index is 982. The number of carbonyl (C=O) groups excluding carboxylic acids is 3. The molecule has 1 saturated carbocycles. The molecule has 26 heavy (non-hydrogen) atoms. The summed E-state index contributed by atoms with van der Waals surface area (Å²) in [5.74, 6) is -2.49. The molecule has 1 aliphatic heterocycles. The number of amides is 2. The number of nitrogens with zero attached hydrogens (tertiary/aromatic N) is 1. The third-order valence-electron chi connectivity index (χ3n) is 5.79. The molecule has 0 radical (unpaired) electrons. The number of anilines is 1. The summed E-state index contributed by atoms with van der Waals surface area (Å²) in [6.45, 7) is 0. The first kappa shape index (κ1) is 16.0. The van der Waals surface area contributed by atoms with Gasteiger partial charge in [0.25, 0.3) is 0 Å². The maximum Gasteiger partial charge on any atom is 0.238 e. The molecule has 130 valence electrons. The largest absolute Gasteiger partial charge is 0.299 e. The Morgan fingerprint density at radius 3 is 2.15 bits per heavy atom. The highest BCUT2D eigenvalue weighted by atomic mass is 35.5. The normalized spacial score (nSPS) is 29.2. The first-order chi connectivity index (χ1) is 12.5. The molecular weight excluding hydrogens is 373 g/mol. The van der Waals surface area contributed by atoms with E-state index in [2.05, 4.69) is 0 Å². The summed E-state index contributed by atoms with van der Waals surface area (Å²) in [6, 6.07) is 12.3. The molecule has 2 fully saturated rings. The van der Waals surface area contributed by atoms with Crippen LogP contribution in [0.25, 0.3) is 0 Å². The summed E-state index contributed by atoms with van der Waals surface area (Å²) in [7, 11) is 0. The predicted octanol–water partition coefficient (Wildman–Crippen LogP) is 3.95. The fourth-order valence-corrected chi connectivity index (χ4v) is 5.40. The molecule has 0 unspecified atom stereocenters. The second-order valence-corrected chi connectivity index (χ2v) is 7.95. The molecule has 2 aromatic carbocycles. The number of rotatable bonds is 1. The van der Waals surface area contributed by atoms with Gasteiger partial charge in [-0.1, -0.05) is 47.5 Å². The lowest BCUT2D eigenvalue weighted by molar-refractivity contribution is -0.134. The van der Waals surface area contributed by atoms with Crippen molar-refractivity contribution in [1.82, 2.24) is 0 Å². The molecule has 1 saturated heterocycles. The van der Waals surface area contributed by atoms with Crippen LogP contribution in [0.3, 0.4) is 0 Å². The van der Waals surface area contributed by atoms with E-state index in [0.29, 0.717) is 22.2 Å². The average Bonchev–Trinajstić information content (AvgIpc) is 2.86. The van der Waals surface area contributed by atoms with Crippen LogP contribution in [0, 0.1) is 11.8 Å². The Morgan fingerprint density at radius 2 is 1.46 bits per heavy atom. The summed E-state index contributed by atoms with van der Waals surface area (Å²) in [6.07, 6.45) is 0.312. The summed E-state index contributed by atoms with van der Waals surface area (Å²) < 4.78 is 0. The van der Waals surface area contributed by atoms with Crippen LogP contribution in [-0.2, 0) is 14.4 Å². The fourth-order valence-electron chi connectivity index (χ4n) is 4.88. The van der Waals surface area contributed by atoms with Crippen LogP contribution in [0.4, 0.5) is 5.69 Å². The van der Waals surface area contributed by atoms with E-state index in [1.54, 1.807) is 18.2 Å². The van der Waals surface area contributed by atoms with Gasteiger partial charge in [-0.15, -0.1) is 0 Å². The lowest BCUT2D eigenvalue weighted by Gasteiger charge is -2.43. The van der Waals surface area contributed by atoms with E-state index in [1.165, 1.54) is 0 Å². The standard InChI is InChI=1S/C20H13Cl2NO3/c21-9-5-10(22)7-11(6-9)23-19(25)17-14-8-15(24)16(18(17)20(23)26)13-4-2-1-3-12(13)14/h1-7,14,16-18H,8H2/t14-,16-,17-,18+/m1/s1. The van der Waals surface area contributed by atoms with Gasteiger partial charge < -0.3 is 0 Å². The van der Waals surface area contributed by atoms with Gasteiger partial charge in [-0.2, -0.15) is 0 Å². The van der Waals surface area contributed by atoms with E-state index in [1.807, 2.05) is 24.3 Å². The summed E-state index contributed by atoms with van der Waals surface area (Å²) >= 11 is 12.1. The fraction of sp³-hybridized carbons (Fsp3) is 0.250. The van der Waals surface area contributed by atoms with Crippen LogP contribution in [0.15, 0.2) is 42.5 Å². The van der Waals surface area contributed by atoms with E-state index >= 15 is 0 Å². The van der Waals surface area contributed by atoms with E-state index in [4.69, 9.17) is 23.2 Å². The van der Waals surface area contributed by atoms with Crippen molar-refractivity contribution in [2.24, 2.45) is 11.8 Å². The van der Waals surface area contributed by atoms with Gasteiger partial charge in [0.2, 0.25) is 11.8 Å². The maximum atomic E-state index is 13.2. The van der Waals surface area contributed by atoms with Crippen molar-refractivity contribution in [2.45, 2.75) is 18.3 Å². The molecule has 4 nitrogen and oxygen atoms in total. The summed E-state index contributed by atoms with van der Waals surface area (Å²) in [5, 5.41) is 0.704. The number of ketones is 1. The van der Waals surface area contributed by atoms with Crippen molar-refractivity contribution in [2.75, 3.05) is 4.90 Å². The molecule has 0 aromatic heterocycles. The van der Waals surface area contributed by atoms with Gasteiger partial charge in [0.15, 0.2) is 0 Å². The number of fused-ring (bicyclic) bond motifs is 1. The minimum absolute atomic E-state index is 0.0436. The molecule has 6 heteroatoms. The number of hydrogen-bond donors (Lipinski definition) is 0. The molecule has 0 N–H and O–H groups in total. The first-order valence-corrected chi connectivity index (χ1v) is 9.18. The molecule has 4 aliphatic rings. The van der Waals surface area contributed by atoms with Gasteiger partial charge in [-0.3, -0.25) is 14.4 Å². The van der Waals surface area contributed by atoms with Crippen LogP contribution < -0.4 is 4.90 Å². The third-order valence-corrected chi connectivity index (χ3v) is 6.23. The molecule has 4 atom stereocenters. The molecule has 1 heterocycles. The zero-order chi connectivity index (χ0) is 18.2. The highest BCUT2D eigenvalue weighted by Gasteiger charge is 2.62. The van der Waals surface area contributed by atoms with Gasteiger partial charge in [0, 0.05) is 22.4 Å². The number of hydrogen-bond acceptors (Lipinski definition) is 3. The lowest BCUT2D eigenvalue weighted by Crippen LogP contribution is -2.44. The van der Waals surface area contributed by atoms with Crippen LogP contribution in [-0.4, -0.2) is 17.6 Å². The summed E-state index contributed by atoms with van der Waals surface area (Å²) in [4.78, 5) is 40.2. The van der Waals surface area contributed by atoms with E-state index in [-0.39, 0.29) is 23.5 Å². The van der Waals surface area contributed by atoms with Gasteiger partial charge >= 0.3 is 0 Å². The minimum atomic E-state index is -0.638. The first-order valence-electron chi connectivity index (χ1n) is 8.43. The maximum absolute atomic E-state index is 13.2. The lowest BCUT2D eigenvalue weighted by atomic mass is 9.56. The zero-order valence-electron chi connectivity index (χ0n) is 13.5. The Morgan fingerprint density at radius 1 is 0.846 bits per heavy atom. The zero-order valence-corrected chi connectivity index (χ0v) is 15.0. The van der Waals surface area contributed by atoms with Crippen molar-refractivity contribution < 1.29 is 14.4 Å². The quantitative estimate of drug-likeness (QED) is 0.698. The van der Waals surface area contributed by atoms with E-state index in [0.717, 1.165) is 16.0 Å². The van der Waals surface area contributed by atoms with Crippen molar-refractivity contribution in [1.29, 1.82) is 0 Å². The highest BCUT2D eigenvalue weighted by Crippen LogP contribution is 2.57. The van der Waals surface area contributed by atoms with Crippen molar-refractivity contribution in [3.63, 3.8) is 0 Å². The number of halogens is 2. The van der Waals surface area contributed by atoms with Crippen LogP contribution in [0.1, 0.15) is 29.4 Å². The molecule has 6 rings (SSSR count). The topological polar surface area (TPSA) is 54.5 Å². The number of benzene rings is 2. The predicted molar refractivity (Wildman–Crippen MR) is 97.5 cm³/mol. The Kier molecular flexibility index (Phi) is 3.34. The SMILES string of the molecule is O=C1C[C@@H]2c3ccccc3[C@H]1[C@@H]1C(=O)N(c3cc(Cl)cc(Cl)c3)C(=O)[C@@H]12. The highest BCUT2D eigenvalue weighted by molar-refractivity contribution is 6.36. The van der Waals surface area contributed by atoms with Crippen molar-refractivity contribution in [3.8, 4) is 0 Å². The number of imide groups is 1. The molecule has 3 aliphatic carbocycles. The molecule has 0 spiro atoms. The minimum Gasteiger partial charge on any atom is -0.299 e. The second kappa shape index (κ2) is 5.41. The van der Waals surface area contributed by atoms with Gasteiger partial charge in [0.1, 0.15) is 5.78 Å². The smallest absolute Gasteiger partial charge is 0.238 e. The second-order valence-electron chi connectivity index (χ2n) is 7.07. The average molecular weight is 386 g/mol. The van der Waals surface area contributed by atoms with E-state index in [9.17, 15) is 14.4 Å². The van der Waals surface area contributed by atoms with Crippen molar-refractivity contribution in [3.05, 3.63) is 63.6 Å². The van der Waals surface area contributed by atoms with Crippen LogP contribution >= 0.6 is 23.2 Å². The molecule has 2 amide bonds.